The molecule has 7 nitrogen and oxygen atoms in total. The van der Waals surface area contributed by atoms with Gasteiger partial charge >= 0.3 is 5.97 Å². The second-order valence-corrected chi connectivity index (χ2v) is 2.96. The molecule has 0 N–H and O–H groups in total. The molecule has 1 aromatic carbocycles. The van der Waals surface area contributed by atoms with E-state index in [1.54, 1.807) is 0 Å². The molecule has 2 rings (SSSR count). The van der Waals surface area contributed by atoms with Crippen molar-refractivity contribution >= 4 is 22.6 Å². The van der Waals surface area contributed by atoms with Gasteiger partial charge in [0.25, 0.3) is 5.69 Å². The lowest BCUT2D eigenvalue weighted by Gasteiger charge is -1.93. The van der Waals surface area contributed by atoms with Gasteiger partial charge in [0.2, 0.25) is 0 Å². The van der Waals surface area contributed by atoms with E-state index in [1.165, 1.54) is 25.3 Å². The number of methoxy groups -OCH3 is 1. The van der Waals surface area contributed by atoms with Gasteiger partial charge in [0.05, 0.1) is 23.5 Å². The molecule has 82 valence electrons. The normalized spacial score (nSPS) is 10.3. The minimum absolute atomic E-state index is 0.00685. The quantitative estimate of drug-likeness (QED) is 0.434. The van der Waals surface area contributed by atoms with Gasteiger partial charge in [-0.2, -0.15) is 0 Å². The maximum Gasteiger partial charge on any atom is 0.360 e. The van der Waals surface area contributed by atoms with Gasteiger partial charge in [-0.05, 0) is 6.07 Å². The Kier molecular flexibility index (Phi) is 2.28. The number of esters is 1. The smallest absolute Gasteiger partial charge is 0.360 e. The number of carbonyl (C=O) groups excluding carboxylic acids is 1. The van der Waals surface area contributed by atoms with Crippen LogP contribution in [0.3, 0.4) is 0 Å². The van der Waals surface area contributed by atoms with E-state index in [0.29, 0.717) is 5.39 Å². The van der Waals surface area contributed by atoms with E-state index in [9.17, 15) is 14.9 Å². The third kappa shape index (κ3) is 1.48. The van der Waals surface area contributed by atoms with Crippen molar-refractivity contribution in [2.75, 3.05) is 7.11 Å². The van der Waals surface area contributed by atoms with Crippen LogP contribution in [-0.4, -0.2) is 23.2 Å². The van der Waals surface area contributed by atoms with Gasteiger partial charge in [-0.1, -0.05) is 5.16 Å². The first kappa shape index (κ1) is 10.1. The summed E-state index contributed by atoms with van der Waals surface area (Å²) in [5, 5.41) is 14.4. The van der Waals surface area contributed by atoms with Crippen molar-refractivity contribution in [2.45, 2.75) is 0 Å². The summed E-state index contributed by atoms with van der Waals surface area (Å²) in [5.74, 6) is -0.646. The van der Waals surface area contributed by atoms with Crippen molar-refractivity contribution in [2.24, 2.45) is 0 Å². The molecular weight excluding hydrogens is 216 g/mol. The molecule has 0 saturated carbocycles. The maximum absolute atomic E-state index is 11.2. The van der Waals surface area contributed by atoms with Gasteiger partial charge in [0.15, 0.2) is 11.3 Å². The third-order valence-corrected chi connectivity index (χ3v) is 2.05. The minimum atomic E-state index is -0.646. The molecule has 1 heterocycles. The Morgan fingerprint density at radius 1 is 1.56 bits per heavy atom. The molecule has 0 atom stereocenters. The Labute approximate surface area is 88.7 Å². The molecule has 7 heteroatoms. The molecule has 0 bridgehead atoms. The molecule has 1 aromatic heterocycles. The summed E-state index contributed by atoms with van der Waals surface area (Å²) >= 11 is 0. The van der Waals surface area contributed by atoms with Gasteiger partial charge in [-0.3, -0.25) is 10.1 Å². The van der Waals surface area contributed by atoms with Crippen molar-refractivity contribution in [1.82, 2.24) is 5.16 Å². The van der Waals surface area contributed by atoms with Crippen LogP contribution in [0.4, 0.5) is 5.69 Å². The molecule has 0 spiro atoms. The lowest BCUT2D eigenvalue weighted by atomic mass is 10.2. The van der Waals surface area contributed by atoms with E-state index < -0.39 is 10.9 Å². The number of nitro benzene ring substituents is 1. The highest BCUT2D eigenvalue weighted by atomic mass is 16.6. The molecule has 0 amide bonds. The number of nitro groups is 1. The Hall–Kier alpha value is -2.44. The standard InChI is InChI=1S/C9H6N2O5/c1-15-9(12)8-6-3-2-5(11(13)14)4-7(6)16-10-8/h2-4H,1H3. The number of nitrogens with zero attached hydrogens (tertiary/aromatic N) is 2. The second-order valence-electron chi connectivity index (χ2n) is 2.96. The Balaban J connectivity index is 2.59. The summed E-state index contributed by atoms with van der Waals surface area (Å²) in [7, 11) is 1.22. The average Bonchev–Trinajstić information content (AvgIpc) is 2.70. The zero-order valence-corrected chi connectivity index (χ0v) is 8.17. The number of aromatic nitrogens is 1. The highest BCUT2D eigenvalue weighted by molar-refractivity contribution is 6.01. The molecule has 0 aliphatic rings. The Morgan fingerprint density at radius 2 is 2.31 bits per heavy atom. The van der Waals surface area contributed by atoms with E-state index >= 15 is 0 Å². The summed E-state index contributed by atoms with van der Waals surface area (Å²) in [6, 6.07) is 3.87. The molecule has 0 fully saturated rings. The van der Waals surface area contributed by atoms with Gasteiger partial charge in [0, 0.05) is 6.07 Å². The van der Waals surface area contributed by atoms with Crippen molar-refractivity contribution < 1.29 is 19.0 Å². The van der Waals surface area contributed by atoms with Gasteiger partial charge in [-0.15, -0.1) is 0 Å². The fraction of sp³-hybridized carbons (Fsp3) is 0.111. The number of hydrogen-bond donors (Lipinski definition) is 0. The summed E-state index contributed by atoms with van der Waals surface area (Å²) in [6.45, 7) is 0. The van der Waals surface area contributed by atoms with Crippen LogP contribution in [0, 0.1) is 10.1 Å². The number of ether oxygens (including phenoxy) is 1. The highest BCUT2D eigenvalue weighted by Crippen LogP contribution is 2.23. The molecule has 0 aliphatic carbocycles. The van der Waals surface area contributed by atoms with Crippen LogP contribution in [0.15, 0.2) is 22.7 Å². The molecule has 0 aliphatic heterocycles. The number of non-ortho nitro benzene ring substituents is 1. The number of carbonyl (C=O) groups is 1. The van der Waals surface area contributed by atoms with Crippen molar-refractivity contribution in [3.63, 3.8) is 0 Å². The monoisotopic (exact) mass is 222 g/mol. The van der Waals surface area contributed by atoms with Crippen molar-refractivity contribution in [3.05, 3.63) is 34.0 Å². The van der Waals surface area contributed by atoms with Gasteiger partial charge in [-0.25, -0.2) is 4.79 Å². The van der Waals surface area contributed by atoms with Crippen LogP contribution >= 0.6 is 0 Å². The van der Waals surface area contributed by atoms with Gasteiger partial charge < -0.3 is 9.26 Å². The average molecular weight is 222 g/mol. The van der Waals surface area contributed by atoms with E-state index in [1.807, 2.05) is 0 Å². The predicted octanol–water partition coefficient (Wildman–Crippen LogP) is 1.52. The fourth-order valence-electron chi connectivity index (χ4n) is 1.28. The summed E-state index contributed by atoms with van der Waals surface area (Å²) in [4.78, 5) is 21.2. The van der Waals surface area contributed by atoms with Crippen LogP contribution in [0.2, 0.25) is 0 Å². The van der Waals surface area contributed by atoms with Crippen molar-refractivity contribution in [1.29, 1.82) is 0 Å². The van der Waals surface area contributed by atoms with Crippen LogP contribution in [0.1, 0.15) is 10.5 Å². The highest BCUT2D eigenvalue weighted by Gasteiger charge is 2.18. The summed E-state index contributed by atoms with van der Waals surface area (Å²) in [6.07, 6.45) is 0. The third-order valence-electron chi connectivity index (χ3n) is 2.05. The van der Waals surface area contributed by atoms with Crippen LogP contribution in [-0.2, 0) is 4.74 Å². The van der Waals surface area contributed by atoms with Crippen LogP contribution in [0.5, 0.6) is 0 Å². The van der Waals surface area contributed by atoms with E-state index in [-0.39, 0.29) is 17.0 Å². The first-order valence-electron chi connectivity index (χ1n) is 4.25. The molecule has 0 radical (unpaired) electrons. The topological polar surface area (TPSA) is 95.5 Å². The Morgan fingerprint density at radius 3 is 2.94 bits per heavy atom. The second kappa shape index (κ2) is 3.61. The molecule has 16 heavy (non-hydrogen) atoms. The predicted molar refractivity (Wildman–Crippen MR) is 52.0 cm³/mol. The summed E-state index contributed by atoms with van der Waals surface area (Å²) in [5.41, 5.74) is 0.0575. The largest absolute Gasteiger partial charge is 0.464 e. The summed E-state index contributed by atoms with van der Waals surface area (Å²) < 4.78 is 9.29. The van der Waals surface area contributed by atoms with Crippen LogP contribution < -0.4 is 0 Å². The minimum Gasteiger partial charge on any atom is -0.464 e. The first-order valence-corrected chi connectivity index (χ1v) is 4.25. The lowest BCUT2D eigenvalue weighted by Crippen LogP contribution is -2.01. The Bertz CT molecular complexity index is 574. The molecular formula is C9H6N2O5. The van der Waals surface area contributed by atoms with E-state index in [4.69, 9.17) is 4.52 Å². The fourth-order valence-corrected chi connectivity index (χ4v) is 1.28. The zero-order chi connectivity index (χ0) is 11.7. The van der Waals surface area contributed by atoms with Crippen LogP contribution in [0.25, 0.3) is 11.0 Å². The maximum atomic E-state index is 11.2. The SMILES string of the molecule is COC(=O)c1noc2cc([N+](=O)[O-])ccc12. The van der Waals surface area contributed by atoms with E-state index in [2.05, 4.69) is 9.89 Å². The number of benzene rings is 1. The van der Waals surface area contributed by atoms with Crippen molar-refractivity contribution in [3.8, 4) is 0 Å². The number of fused-ring (bicyclic) bond motifs is 1. The first-order chi connectivity index (χ1) is 7.63. The van der Waals surface area contributed by atoms with E-state index in [0.717, 1.165) is 0 Å². The molecule has 2 aromatic rings. The molecule has 0 unspecified atom stereocenters. The zero-order valence-electron chi connectivity index (χ0n) is 8.17. The lowest BCUT2D eigenvalue weighted by molar-refractivity contribution is -0.384. The number of hydrogen-bond acceptors (Lipinski definition) is 6. The number of rotatable bonds is 2. The molecule has 0 saturated heterocycles. The van der Waals surface area contributed by atoms with Gasteiger partial charge in [0.1, 0.15) is 0 Å².